The molecule has 32 heavy (non-hydrogen) atoms. The molecule has 8 heteroatoms. The number of rotatable bonds is 9. The molecule has 0 spiro atoms. The quantitative estimate of drug-likeness (QED) is 0.326. The predicted octanol–water partition coefficient (Wildman–Crippen LogP) is 4.95. The third-order valence-electron chi connectivity index (χ3n) is 5.60. The van der Waals surface area contributed by atoms with Crippen molar-refractivity contribution in [3.8, 4) is 5.75 Å². The Labute approximate surface area is 197 Å². The van der Waals surface area contributed by atoms with E-state index in [9.17, 15) is 4.79 Å². The van der Waals surface area contributed by atoms with Crippen LogP contribution in [0.15, 0.2) is 53.7 Å². The van der Waals surface area contributed by atoms with E-state index in [4.69, 9.17) is 16.3 Å². The summed E-state index contributed by atoms with van der Waals surface area (Å²) < 4.78 is 7.31. The van der Waals surface area contributed by atoms with Gasteiger partial charge in [-0.3, -0.25) is 9.69 Å². The topological polar surface area (TPSA) is 60.2 Å². The molecule has 6 nitrogen and oxygen atoms in total. The summed E-state index contributed by atoms with van der Waals surface area (Å²) in [6.07, 6.45) is 3.76. The van der Waals surface area contributed by atoms with E-state index >= 15 is 0 Å². The van der Waals surface area contributed by atoms with Crippen molar-refractivity contribution < 1.29 is 9.53 Å². The highest BCUT2D eigenvalue weighted by Gasteiger charge is 2.19. The molecule has 1 fully saturated rings. The SMILES string of the molecule is COc1ccc(C(=O)CSc2nnc(CN3CCCCC3)n2Cc2ccccc2)cc1Cl. The van der Waals surface area contributed by atoms with Gasteiger partial charge < -0.3 is 9.30 Å². The number of Topliss-reactive ketones (excluding diaryl/α,β-unsaturated/α-hetero) is 1. The Morgan fingerprint density at radius 2 is 1.84 bits per heavy atom. The Hall–Kier alpha value is -2.35. The summed E-state index contributed by atoms with van der Waals surface area (Å²) in [5.41, 5.74) is 1.74. The van der Waals surface area contributed by atoms with Gasteiger partial charge in [-0.15, -0.1) is 10.2 Å². The number of hydrogen-bond acceptors (Lipinski definition) is 6. The number of thioether (sulfide) groups is 1. The molecule has 168 valence electrons. The summed E-state index contributed by atoms with van der Waals surface area (Å²) in [6, 6.07) is 15.4. The van der Waals surface area contributed by atoms with Gasteiger partial charge in [0.25, 0.3) is 0 Å². The van der Waals surface area contributed by atoms with Gasteiger partial charge in [-0.2, -0.15) is 0 Å². The molecule has 1 aromatic heterocycles. The maximum Gasteiger partial charge on any atom is 0.192 e. The van der Waals surface area contributed by atoms with E-state index in [0.717, 1.165) is 30.6 Å². The van der Waals surface area contributed by atoms with Crippen molar-refractivity contribution in [1.29, 1.82) is 0 Å². The number of methoxy groups -OCH3 is 1. The summed E-state index contributed by atoms with van der Waals surface area (Å²) in [5.74, 6) is 1.75. The molecule has 0 atom stereocenters. The molecule has 0 radical (unpaired) electrons. The number of likely N-dealkylation sites (tertiary alicyclic amines) is 1. The highest BCUT2D eigenvalue weighted by atomic mass is 35.5. The third kappa shape index (κ3) is 5.71. The summed E-state index contributed by atoms with van der Waals surface area (Å²) in [5, 5.41) is 10.1. The first-order chi connectivity index (χ1) is 15.6. The summed E-state index contributed by atoms with van der Waals surface area (Å²) >= 11 is 7.60. The molecule has 3 aromatic rings. The molecular weight excluding hydrogens is 444 g/mol. The minimum Gasteiger partial charge on any atom is -0.495 e. The van der Waals surface area contributed by atoms with Crippen molar-refractivity contribution in [1.82, 2.24) is 19.7 Å². The third-order valence-corrected chi connectivity index (χ3v) is 6.86. The first-order valence-electron chi connectivity index (χ1n) is 10.8. The van der Waals surface area contributed by atoms with Crippen LogP contribution in [0.1, 0.15) is 41.0 Å². The van der Waals surface area contributed by atoms with Gasteiger partial charge in [-0.25, -0.2) is 0 Å². The van der Waals surface area contributed by atoms with Crippen molar-refractivity contribution in [3.05, 3.63) is 70.5 Å². The first-order valence-corrected chi connectivity index (χ1v) is 12.2. The van der Waals surface area contributed by atoms with Crippen LogP contribution in [-0.2, 0) is 13.1 Å². The standard InChI is InChI=1S/C24H27ClN4O2S/c1-31-22-11-10-19(14-20(22)25)21(30)17-32-24-27-26-23(16-28-12-6-3-7-13-28)29(24)15-18-8-4-2-5-9-18/h2,4-5,8-11,14H,3,6-7,12-13,15-17H2,1H3. The molecule has 0 unspecified atom stereocenters. The number of nitrogens with zero attached hydrogens (tertiary/aromatic N) is 4. The minimum atomic E-state index is -0.00797. The second-order valence-corrected chi connectivity index (χ2v) is 9.22. The smallest absolute Gasteiger partial charge is 0.192 e. The fraction of sp³-hybridized carbons (Fsp3) is 0.375. The molecule has 1 saturated heterocycles. The van der Waals surface area contributed by atoms with Crippen molar-refractivity contribution in [2.45, 2.75) is 37.5 Å². The van der Waals surface area contributed by atoms with Crippen LogP contribution in [0.4, 0.5) is 0 Å². The molecule has 0 bridgehead atoms. The molecule has 4 rings (SSSR count). The number of benzene rings is 2. The van der Waals surface area contributed by atoms with Gasteiger partial charge in [-0.1, -0.05) is 60.1 Å². The lowest BCUT2D eigenvalue weighted by molar-refractivity contribution is 0.102. The number of piperidine rings is 1. The predicted molar refractivity (Wildman–Crippen MR) is 128 cm³/mol. The van der Waals surface area contributed by atoms with E-state index in [2.05, 4.69) is 31.8 Å². The minimum absolute atomic E-state index is 0.00797. The maximum absolute atomic E-state index is 12.8. The van der Waals surface area contributed by atoms with Gasteiger partial charge in [0, 0.05) is 5.56 Å². The molecule has 2 aromatic carbocycles. The molecule has 0 saturated carbocycles. The fourth-order valence-corrected chi connectivity index (χ4v) is 4.95. The Kier molecular flexibility index (Phi) is 7.84. The molecule has 0 N–H and O–H groups in total. The number of halogens is 1. The Bertz CT molecular complexity index is 1050. The second kappa shape index (κ2) is 11.0. The Morgan fingerprint density at radius 3 is 2.56 bits per heavy atom. The van der Waals surface area contributed by atoms with Gasteiger partial charge in [0.2, 0.25) is 0 Å². The van der Waals surface area contributed by atoms with Crippen molar-refractivity contribution in [2.24, 2.45) is 0 Å². The highest BCUT2D eigenvalue weighted by molar-refractivity contribution is 7.99. The van der Waals surface area contributed by atoms with Gasteiger partial charge in [0.1, 0.15) is 11.6 Å². The molecular formula is C24H27ClN4O2S. The van der Waals surface area contributed by atoms with Gasteiger partial charge in [0.15, 0.2) is 10.9 Å². The van der Waals surface area contributed by atoms with E-state index in [1.165, 1.54) is 36.6 Å². The summed E-state index contributed by atoms with van der Waals surface area (Å²) in [7, 11) is 1.56. The van der Waals surface area contributed by atoms with E-state index in [-0.39, 0.29) is 11.5 Å². The summed E-state index contributed by atoms with van der Waals surface area (Å²) in [4.78, 5) is 15.2. The zero-order valence-electron chi connectivity index (χ0n) is 18.2. The average Bonchev–Trinajstić information content (AvgIpc) is 3.19. The largest absolute Gasteiger partial charge is 0.495 e. The molecule has 0 aliphatic carbocycles. The van der Waals surface area contributed by atoms with Crippen molar-refractivity contribution in [3.63, 3.8) is 0 Å². The molecule has 2 heterocycles. The lowest BCUT2D eigenvalue weighted by atomic mass is 10.1. The monoisotopic (exact) mass is 470 g/mol. The second-order valence-electron chi connectivity index (χ2n) is 7.87. The number of aromatic nitrogens is 3. The van der Waals surface area contributed by atoms with E-state index in [1.54, 1.807) is 25.3 Å². The normalized spacial score (nSPS) is 14.4. The van der Waals surface area contributed by atoms with Crippen LogP contribution in [0, 0.1) is 0 Å². The summed E-state index contributed by atoms with van der Waals surface area (Å²) in [6.45, 7) is 3.65. The average molecular weight is 471 g/mol. The number of carbonyl (C=O) groups excluding carboxylic acids is 1. The van der Waals surface area contributed by atoms with Gasteiger partial charge in [0.05, 0.1) is 31.0 Å². The maximum atomic E-state index is 12.8. The number of carbonyl (C=O) groups is 1. The number of ether oxygens (including phenoxy) is 1. The van der Waals surface area contributed by atoms with Crippen LogP contribution in [0.2, 0.25) is 5.02 Å². The van der Waals surface area contributed by atoms with Crippen LogP contribution in [0.25, 0.3) is 0 Å². The first kappa shape index (κ1) is 22.8. The van der Waals surface area contributed by atoms with E-state index in [0.29, 0.717) is 22.9 Å². The van der Waals surface area contributed by atoms with Crippen LogP contribution in [0.3, 0.4) is 0 Å². The van der Waals surface area contributed by atoms with E-state index in [1.807, 2.05) is 18.2 Å². The van der Waals surface area contributed by atoms with Crippen molar-refractivity contribution >= 4 is 29.1 Å². The highest BCUT2D eigenvalue weighted by Crippen LogP contribution is 2.27. The van der Waals surface area contributed by atoms with E-state index < -0.39 is 0 Å². The van der Waals surface area contributed by atoms with Gasteiger partial charge in [-0.05, 0) is 49.7 Å². The van der Waals surface area contributed by atoms with Crippen LogP contribution in [-0.4, -0.2) is 51.4 Å². The molecule has 1 aliphatic rings. The van der Waals surface area contributed by atoms with Crippen molar-refractivity contribution in [2.75, 3.05) is 26.0 Å². The number of ketones is 1. The lowest BCUT2D eigenvalue weighted by Crippen LogP contribution is -2.30. The van der Waals surface area contributed by atoms with Crippen LogP contribution in [0.5, 0.6) is 5.75 Å². The lowest BCUT2D eigenvalue weighted by Gasteiger charge is -2.26. The molecule has 0 amide bonds. The fourth-order valence-electron chi connectivity index (χ4n) is 3.84. The Morgan fingerprint density at radius 1 is 1.06 bits per heavy atom. The van der Waals surface area contributed by atoms with Gasteiger partial charge >= 0.3 is 0 Å². The number of hydrogen-bond donors (Lipinski definition) is 0. The zero-order valence-corrected chi connectivity index (χ0v) is 19.7. The van der Waals surface area contributed by atoms with Crippen LogP contribution >= 0.6 is 23.4 Å². The van der Waals surface area contributed by atoms with Crippen LogP contribution < -0.4 is 4.74 Å². The zero-order chi connectivity index (χ0) is 22.3. The Balaban J connectivity index is 1.50. The molecule has 1 aliphatic heterocycles.